The van der Waals surface area contributed by atoms with Gasteiger partial charge in [0.15, 0.2) is 0 Å². The summed E-state index contributed by atoms with van der Waals surface area (Å²) in [6, 6.07) is 69.5. The van der Waals surface area contributed by atoms with Crippen LogP contribution >= 0.6 is 0 Å². The van der Waals surface area contributed by atoms with Crippen LogP contribution in [0.5, 0.6) is 0 Å². The summed E-state index contributed by atoms with van der Waals surface area (Å²) >= 11 is 0. The molecule has 0 saturated heterocycles. The molecule has 0 radical (unpaired) electrons. The van der Waals surface area contributed by atoms with Gasteiger partial charge in [0.1, 0.15) is 0 Å². The predicted molar refractivity (Wildman–Crippen MR) is 226 cm³/mol. The highest BCUT2D eigenvalue weighted by Gasteiger charge is 2.51. The molecule has 0 unspecified atom stereocenters. The van der Waals surface area contributed by atoms with Crippen molar-refractivity contribution in [3.05, 3.63) is 249 Å². The third-order valence-corrected chi connectivity index (χ3v) is 13.4. The number of rotatable bonds is 3. The van der Waals surface area contributed by atoms with Crippen molar-refractivity contribution in [2.24, 2.45) is 0 Å². The van der Waals surface area contributed by atoms with Gasteiger partial charge in [0.2, 0.25) is 0 Å². The SMILES string of the molecule is CCN(c1ccc2c(c1)C1(c3ccccc3C2)c2ccccc2-c2ccccc21)c1ccc2c(c1)C1(c3ccccc3C2)c2ccccc2-c2ccccc21. The lowest BCUT2D eigenvalue weighted by atomic mass is 9.61. The number of hydrogen-bond donors (Lipinski definition) is 0. The maximum absolute atomic E-state index is 2.54. The standard InChI is InChI=1S/C54H39N/c1-2-55(39-29-27-37-31-35-15-3-9-21-45(35)53(51(37)33-39)47-23-11-5-17-41(47)42-18-6-12-24-48(42)53)40-30-28-38-32-36-16-4-10-22-46(36)54(52(38)34-40)49-25-13-7-19-43(49)44-20-8-14-26-50(44)54/h3-30,33-34H,2,31-32H2,1H3. The average molecular weight is 702 g/mol. The van der Waals surface area contributed by atoms with Gasteiger partial charge in [-0.3, -0.25) is 0 Å². The van der Waals surface area contributed by atoms with Crippen LogP contribution in [0.25, 0.3) is 22.3 Å². The Kier molecular flexibility index (Phi) is 6.36. The minimum absolute atomic E-state index is 0.381. The summed E-state index contributed by atoms with van der Waals surface area (Å²) in [5, 5.41) is 0. The zero-order valence-corrected chi connectivity index (χ0v) is 30.9. The molecule has 2 spiro atoms. The van der Waals surface area contributed by atoms with E-state index in [1.54, 1.807) is 0 Å². The Labute approximate surface area is 323 Å². The molecule has 12 rings (SSSR count). The Hall–Kier alpha value is -6.44. The second kappa shape index (κ2) is 11.3. The number of fused-ring (bicyclic) bond motifs is 18. The van der Waals surface area contributed by atoms with E-state index in [1.807, 2.05) is 0 Å². The van der Waals surface area contributed by atoms with Crippen molar-refractivity contribution in [2.45, 2.75) is 30.6 Å². The lowest BCUT2D eigenvalue weighted by molar-refractivity contribution is 0.720. The Morgan fingerprint density at radius 3 is 1.02 bits per heavy atom. The van der Waals surface area contributed by atoms with Crippen molar-refractivity contribution >= 4 is 11.4 Å². The van der Waals surface area contributed by atoms with E-state index in [9.17, 15) is 0 Å². The molecule has 4 aliphatic rings. The molecule has 0 bridgehead atoms. The summed E-state index contributed by atoms with van der Waals surface area (Å²) in [7, 11) is 0. The summed E-state index contributed by atoms with van der Waals surface area (Å²) < 4.78 is 0. The number of hydrogen-bond acceptors (Lipinski definition) is 1. The molecule has 0 N–H and O–H groups in total. The molecule has 0 amide bonds. The van der Waals surface area contributed by atoms with Gasteiger partial charge < -0.3 is 4.90 Å². The first-order valence-electron chi connectivity index (χ1n) is 19.8. The molecular weight excluding hydrogens is 663 g/mol. The number of anilines is 2. The van der Waals surface area contributed by atoms with Crippen LogP contribution < -0.4 is 4.90 Å². The van der Waals surface area contributed by atoms with Crippen LogP contribution in [0.15, 0.2) is 182 Å². The average Bonchev–Trinajstić information content (AvgIpc) is 3.70. The predicted octanol–water partition coefficient (Wildman–Crippen LogP) is 12.4. The summed E-state index contributed by atoms with van der Waals surface area (Å²) in [6.45, 7) is 3.15. The van der Waals surface area contributed by atoms with Crippen molar-refractivity contribution < 1.29 is 0 Å². The van der Waals surface area contributed by atoms with E-state index in [4.69, 9.17) is 0 Å². The summed E-state index contributed by atoms with van der Waals surface area (Å²) in [4.78, 5) is 2.54. The Morgan fingerprint density at radius 1 is 0.345 bits per heavy atom. The third-order valence-electron chi connectivity index (χ3n) is 13.4. The van der Waals surface area contributed by atoms with Gasteiger partial charge in [0.05, 0.1) is 10.8 Å². The van der Waals surface area contributed by atoms with Crippen LogP contribution in [0.4, 0.5) is 11.4 Å². The quantitative estimate of drug-likeness (QED) is 0.177. The van der Waals surface area contributed by atoms with Crippen molar-refractivity contribution in [2.75, 3.05) is 11.4 Å². The first-order chi connectivity index (χ1) is 27.2. The van der Waals surface area contributed by atoms with Crippen LogP contribution in [0.2, 0.25) is 0 Å². The van der Waals surface area contributed by atoms with Gasteiger partial charge in [-0.2, -0.15) is 0 Å². The van der Waals surface area contributed by atoms with Crippen LogP contribution in [0.1, 0.15) is 73.7 Å². The van der Waals surface area contributed by atoms with Crippen molar-refractivity contribution in [3.8, 4) is 22.3 Å². The maximum atomic E-state index is 2.54. The van der Waals surface area contributed by atoms with Crippen molar-refractivity contribution in [1.29, 1.82) is 0 Å². The minimum atomic E-state index is -0.381. The van der Waals surface area contributed by atoms with E-state index in [2.05, 4.69) is 194 Å². The zero-order valence-electron chi connectivity index (χ0n) is 30.9. The monoisotopic (exact) mass is 701 g/mol. The van der Waals surface area contributed by atoms with Crippen LogP contribution in [-0.2, 0) is 23.7 Å². The van der Waals surface area contributed by atoms with E-state index in [0.717, 1.165) is 19.4 Å². The van der Waals surface area contributed by atoms with E-state index < -0.39 is 0 Å². The van der Waals surface area contributed by atoms with Gasteiger partial charge in [0.25, 0.3) is 0 Å². The Balaban J connectivity index is 1.08. The fourth-order valence-electron chi connectivity index (χ4n) is 11.4. The lowest BCUT2D eigenvalue weighted by Crippen LogP contribution is -2.35. The molecule has 8 aromatic carbocycles. The molecule has 8 aromatic rings. The van der Waals surface area contributed by atoms with Crippen LogP contribution in [0, 0.1) is 0 Å². The van der Waals surface area contributed by atoms with Gasteiger partial charge >= 0.3 is 0 Å². The number of benzene rings is 8. The second-order valence-electron chi connectivity index (χ2n) is 15.8. The van der Waals surface area contributed by atoms with Crippen LogP contribution in [-0.4, -0.2) is 6.54 Å². The zero-order chi connectivity index (χ0) is 36.3. The van der Waals surface area contributed by atoms with Gasteiger partial charge in [-0.05, 0) is 133 Å². The molecule has 0 fully saturated rings. The molecule has 55 heavy (non-hydrogen) atoms. The maximum Gasteiger partial charge on any atom is 0.0719 e. The van der Waals surface area contributed by atoms with Gasteiger partial charge in [-0.25, -0.2) is 0 Å². The molecule has 1 nitrogen and oxygen atoms in total. The molecule has 0 heterocycles. The molecule has 4 aliphatic carbocycles. The van der Waals surface area contributed by atoms with E-state index in [0.29, 0.717) is 0 Å². The molecular formula is C54H39N. The largest absolute Gasteiger partial charge is 0.342 e. The highest BCUT2D eigenvalue weighted by Crippen LogP contribution is 2.61. The Bertz CT molecular complexity index is 2600. The van der Waals surface area contributed by atoms with Crippen LogP contribution in [0.3, 0.4) is 0 Å². The van der Waals surface area contributed by atoms with E-state index >= 15 is 0 Å². The van der Waals surface area contributed by atoms with Crippen molar-refractivity contribution in [1.82, 2.24) is 0 Å². The summed E-state index contributed by atoms with van der Waals surface area (Å²) in [5.74, 6) is 0. The van der Waals surface area contributed by atoms with Gasteiger partial charge in [-0.15, -0.1) is 0 Å². The van der Waals surface area contributed by atoms with E-state index in [1.165, 1.54) is 100 Å². The fourth-order valence-corrected chi connectivity index (χ4v) is 11.4. The number of nitrogens with zero attached hydrogens (tertiary/aromatic N) is 1. The first-order valence-corrected chi connectivity index (χ1v) is 19.8. The van der Waals surface area contributed by atoms with Gasteiger partial charge in [0, 0.05) is 17.9 Å². The van der Waals surface area contributed by atoms with Gasteiger partial charge in [-0.1, -0.05) is 158 Å². The summed E-state index contributed by atoms with van der Waals surface area (Å²) in [6.07, 6.45) is 1.87. The second-order valence-corrected chi connectivity index (χ2v) is 15.8. The minimum Gasteiger partial charge on any atom is -0.342 e. The molecule has 1 heteroatoms. The molecule has 0 aromatic heterocycles. The first kappa shape index (κ1) is 31.0. The molecule has 260 valence electrons. The lowest BCUT2D eigenvalue weighted by Gasteiger charge is -2.42. The highest BCUT2D eigenvalue weighted by molar-refractivity contribution is 5.90. The smallest absolute Gasteiger partial charge is 0.0719 e. The molecule has 0 aliphatic heterocycles. The highest BCUT2D eigenvalue weighted by atomic mass is 15.1. The molecule has 0 atom stereocenters. The normalized spacial score (nSPS) is 15.2. The Morgan fingerprint density at radius 2 is 0.655 bits per heavy atom. The topological polar surface area (TPSA) is 3.24 Å². The van der Waals surface area contributed by atoms with Crippen molar-refractivity contribution in [3.63, 3.8) is 0 Å². The third kappa shape index (κ3) is 3.88. The fraction of sp³-hybridized carbons (Fsp3) is 0.111. The molecule has 0 saturated carbocycles. The summed E-state index contributed by atoms with van der Waals surface area (Å²) in [5.41, 5.74) is 23.9. The van der Waals surface area contributed by atoms with E-state index in [-0.39, 0.29) is 10.8 Å².